The second-order valence-electron chi connectivity index (χ2n) is 6.72. The summed E-state index contributed by atoms with van der Waals surface area (Å²) in [6.07, 6.45) is 1.97. The van der Waals surface area contributed by atoms with Gasteiger partial charge in [-0.05, 0) is 24.1 Å². The highest BCUT2D eigenvalue weighted by Gasteiger charge is 2.41. The number of rotatable bonds is 5. The summed E-state index contributed by atoms with van der Waals surface area (Å²) < 4.78 is 11.6. The summed E-state index contributed by atoms with van der Waals surface area (Å²) in [5.41, 5.74) is 3.50. The largest absolute Gasteiger partial charge is 0.464 e. The van der Waals surface area contributed by atoms with E-state index in [4.69, 9.17) is 14.5 Å². The first-order chi connectivity index (χ1) is 14.3. The van der Waals surface area contributed by atoms with Crippen LogP contribution in [0.5, 0.6) is 0 Å². The Labute approximate surface area is 170 Å². The summed E-state index contributed by atoms with van der Waals surface area (Å²) in [4.78, 5) is 22.0. The second kappa shape index (κ2) is 8.80. The molecule has 5 nitrogen and oxygen atoms in total. The monoisotopic (exact) mass is 386 g/mol. The van der Waals surface area contributed by atoms with E-state index in [9.17, 15) is 4.79 Å². The zero-order chi connectivity index (χ0) is 20.1. The van der Waals surface area contributed by atoms with Crippen molar-refractivity contribution in [3.63, 3.8) is 0 Å². The highest BCUT2D eigenvalue weighted by atomic mass is 16.6. The van der Waals surface area contributed by atoms with Gasteiger partial charge in [0.25, 0.3) is 0 Å². The van der Waals surface area contributed by atoms with Gasteiger partial charge in [0, 0.05) is 18.0 Å². The number of carbonyl (C=O) groups excluding carboxylic acids is 1. The number of pyridine rings is 1. The van der Waals surface area contributed by atoms with Gasteiger partial charge in [0.2, 0.25) is 0 Å². The lowest BCUT2D eigenvalue weighted by atomic mass is 9.84. The van der Waals surface area contributed by atoms with Crippen LogP contribution in [0.2, 0.25) is 0 Å². The van der Waals surface area contributed by atoms with Gasteiger partial charge in [0.1, 0.15) is 0 Å². The summed E-state index contributed by atoms with van der Waals surface area (Å²) >= 11 is 0. The fourth-order valence-corrected chi connectivity index (χ4v) is 3.55. The molecule has 0 fully saturated rings. The van der Waals surface area contributed by atoms with E-state index in [-0.39, 0.29) is 12.5 Å². The molecule has 0 unspecified atom stereocenters. The van der Waals surface area contributed by atoms with Crippen LogP contribution in [0.1, 0.15) is 35.8 Å². The van der Waals surface area contributed by atoms with Gasteiger partial charge >= 0.3 is 5.97 Å². The molecule has 0 spiro atoms. The maximum Gasteiger partial charge on any atom is 0.336 e. The molecule has 3 aromatic rings. The van der Waals surface area contributed by atoms with Crippen LogP contribution in [-0.2, 0) is 14.3 Å². The molecule has 2 aromatic carbocycles. The SMILES string of the molecule is CCOC(=O)[C@H]1O[C@@H](c2cccnc2)N=C(c2ccccc2)[C@H]1c1ccccc1. The van der Waals surface area contributed by atoms with Crippen LogP contribution in [0.15, 0.2) is 90.2 Å². The molecule has 2 heterocycles. The second-order valence-corrected chi connectivity index (χ2v) is 6.72. The first kappa shape index (κ1) is 19.0. The Morgan fingerprint density at radius 2 is 1.66 bits per heavy atom. The lowest BCUT2D eigenvalue weighted by Gasteiger charge is -2.34. The Morgan fingerprint density at radius 3 is 2.31 bits per heavy atom. The lowest BCUT2D eigenvalue weighted by molar-refractivity contribution is -0.162. The van der Waals surface area contributed by atoms with Gasteiger partial charge in [0.05, 0.1) is 18.2 Å². The Morgan fingerprint density at radius 1 is 0.966 bits per heavy atom. The quantitative estimate of drug-likeness (QED) is 0.613. The first-order valence-electron chi connectivity index (χ1n) is 9.68. The van der Waals surface area contributed by atoms with Gasteiger partial charge in [-0.2, -0.15) is 0 Å². The van der Waals surface area contributed by atoms with E-state index in [2.05, 4.69) is 4.98 Å². The molecule has 0 bridgehead atoms. The predicted octanol–water partition coefficient (Wildman–Crippen LogP) is 4.32. The number of aromatic nitrogens is 1. The summed E-state index contributed by atoms with van der Waals surface area (Å²) in [6.45, 7) is 2.08. The Balaban J connectivity index is 1.87. The van der Waals surface area contributed by atoms with Crippen molar-refractivity contribution in [2.24, 2.45) is 4.99 Å². The minimum absolute atomic E-state index is 0.287. The number of hydrogen-bond donors (Lipinski definition) is 0. The average Bonchev–Trinajstić information content (AvgIpc) is 2.80. The molecule has 1 aromatic heterocycles. The normalized spacial score (nSPS) is 21.3. The predicted molar refractivity (Wildman–Crippen MR) is 111 cm³/mol. The maximum atomic E-state index is 12.9. The first-order valence-corrected chi connectivity index (χ1v) is 9.68. The van der Waals surface area contributed by atoms with Crippen LogP contribution < -0.4 is 0 Å². The van der Waals surface area contributed by atoms with Crippen LogP contribution >= 0.6 is 0 Å². The molecular formula is C24H22N2O3. The molecule has 3 atom stereocenters. The van der Waals surface area contributed by atoms with E-state index in [1.165, 1.54) is 0 Å². The Bertz CT molecular complexity index is 975. The Kier molecular flexibility index (Phi) is 5.77. The fraction of sp³-hybridized carbons (Fsp3) is 0.208. The van der Waals surface area contributed by atoms with Crippen molar-refractivity contribution in [3.05, 3.63) is 102 Å². The molecule has 0 saturated carbocycles. The van der Waals surface area contributed by atoms with Crippen LogP contribution in [0.3, 0.4) is 0 Å². The van der Waals surface area contributed by atoms with Crippen molar-refractivity contribution in [1.29, 1.82) is 0 Å². The third kappa shape index (κ3) is 4.10. The molecule has 0 N–H and O–H groups in total. The van der Waals surface area contributed by atoms with Crippen LogP contribution in [0, 0.1) is 0 Å². The van der Waals surface area contributed by atoms with E-state index in [1.54, 1.807) is 19.3 Å². The van der Waals surface area contributed by atoms with Crippen LogP contribution in [-0.4, -0.2) is 29.4 Å². The average molecular weight is 386 g/mol. The van der Waals surface area contributed by atoms with E-state index in [0.717, 1.165) is 22.4 Å². The number of ether oxygens (including phenoxy) is 2. The van der Waals surface area contributed by atoms with Gasteiger partial charge in [-0.3, -0.25) is 9.98 Å². The zero-order valence-electron chi connectivity index (χ0n) is 16.1. The standard InChI is InChI=1S/C24H22N2O3/c1-2-28-24(27)22-20(17-10-5-3-6-11-17)21(18-12-7-4-8-13-18)26-23(29-22)19-14-9-15-25-16-19/h3-16,20,22-23H,2H2,1H3/t20-,22+,23+/m1/s1. The molecule has 0 aliphatic carbocycles. The van der Waals surface area contributed by atoms with E-state index in [0.29, 0.717) is 0 Å². The van der Waals surface area contributed by atoms with Crippen LogP contribution in [0.25, 0.3) is 0 Å². The van der Waals surface area contributed by atoms with Gasteiger partial charge in [-0.25, -0.2) is 4.79 Å². The van der Waals surface area contributed by atoms with Crippen molar-refractivity contribution in [2.45, 2.75) is 25.2 Å². The molecule has 0 saturated heterocycles. The van der Waals surface area contributed by atoms with Gasteiger partial charge in [0.15, 0.2) is 12.3 Å². The van der Waals surface area contributed by atoms with Gasteiger partial charge in [-0.1, -0.05) is 66.7 Å². The molecule has 1 aliphatic rings. The molecule has 146 valence electrons. The third-order valence-electron chi connectivity index (χ3n) is 4.85. The molecule has 0 radical (unpaired) electrons. The van der Waals surface area contributed by atoms with Crippen molar-refractivity contribution in [3.8, 4) is 0 Å². The summed E-state index contributed by atoms with van der Waals surface area (Å²) in [6, 6.07) is 23.5. The molecule has 4 rings (SSSR count). The topological polar surface area (TPSA) is 60.8 Å². The summed E-state index contributed by atoms with van der Waals surface area (Å²) in [7, 11) is 0. The number of aliphatic imine (C=N–C) groups is 1. The highest BCUT2D eigenvalue weighted by Crippen LogP contribution is 2.37. The number of carbonyl (C=O) groups is 1. The third-order valence-corrected chi connectivity index (χ3v) is 4.85. The van der Waals surface area contributed by atoms with Crippen molar-refractivity contribution >= 4 is 11.7 Å². The maximum absolute atomic E-state index is 12.9. The Hall–Kier alpha value is -3.31. The smallest absolute Gasteiger partial charge is 0.336 e. The van der Waals surface area contributed by atoms with Crippen LogP contribution in [0.4, 0.5) is 0 Å². The van der Waals surface area contributed by atoms with Crippen molar-refractivity contribution in [1.82, 2.24) is 4.98 Å². The fourth-order valence-electron chi connectivity index (χ4n) is 3.55. The number of nitrogens with zero attached hydrogens (tertiary/aromatic N) is 2. The minimum atomic E-state index is -0.810. The summed E-state index contributed by atoms with van der Waals surface area (Å²) in [5, 5.41) is 0. The van der Waals surface area contributed by atoms with Crippen molar-refractivity contribution < 1.29 is 14.3 Å². The molecule has 29 heavy (non-hydrogen) atoms. The molecule has 5 heteroatoms. The van der Waals surface area contributed by atoms with Crippen molar-refractivity contribution in [2.75, 3.05) is 6.61 Å². The van der Waals surface area contributed by atoms with E-state index < -0.39 is 18.3 Å². The molecule has 0 amide bonds. The zero-order valence-corrected chi connectivity index (χ0v) is 16.1. The summed E-state index contributed by atoms with van der Waals surface area (Å²) in [5.74, 6) is -0.760. The molecule has 1 aliphatic heterocycles. The van der Waals surface area contributed by atoms with Gasteiger partial charge < -0.3 is 9.47 Å². The number of esters is 1. The molecular weight excluding hydrogens is 364 g/mol. The lowest BCUT2D eigenvalue weighted by Crippen LogP contribution is -2.41. The number of hydrogen-bond acceptors (Lipinski definition) is 5. The number of benzene rings is 2. The van der Waals surface area contributed by atoms with Gasteiger partial charge in [-0.15, -0.1) is 0 Å². The van der Waals surface area contributed by atoms with E-state index >= 15 is 0 Å². The van der Waals surface area contributed by atoms with E-state index in [1.807, 2.05) is 72.8 Å². The highest BCUT2D eigenvalue weighted by molar-refractivity contribution is 6.08. The minimum Gasteiger partial charge on any atom is -0.464 e.